The number of hydrogen-bond acceptors (Lipinski definition) is 6. The summed E-state index contributed by atoms with van der Waals surface area (Å²) in [6.45, 7) is 2.26. The van der Waals surface area contributed by atoms with Crippen molar-refractivity contribution >= 4 is 27.7 Å². The van der Waals surface area contributed by atoms with Crippen LogP contribution in [0.5, 0.6) is 5.75 Å². The van der Waals surface area contributed by atoms with Crippen molar-refractivity contribution < 1.29 is 13.9 Å². The van der Waals surface area contributed by atoms with E-state index in [1.54, 1.807) is 37.2 Å². The third-order valence-electron chi connectivity index (χ3n) is 5.47. The number of hydrogen-bond donors (Lipinski definition) is 1. The van der Waals surface area contributed by atoms with Gasteiger partial charge in [0.25, 0.3) is 5.91 Å². The molecule has 2 unspecified atom stereocenters. The number of ether oxygens (including phenoxy) is 1. The molecule has 1 aliphatic rings. The largest absolute Gasteiger partial charge is 0.482 e. The number of carbonyl (C=O) groups is 1. The van der Waals surface area contributed by atoms with Gasteiger partial charge in [-0.05, 0) is 59.6 Å². The molecule has 2 N–H and O–H groups in total. The second-order valence-electron chi connectivity index (χ2n) is 7.52. The number of nitrogens with two attached hydrogens (primary N) is 1. The van der Waals surface area contributed by atoms with Gasteiger partial charge in [0, 0.05) is 35.4 Å². The van der Waals surface area contributed by atoms with Gasteiger partial charge in [0.1, 0.15) is 23.7 Å². The number of nitrogens with zero attached hydrogens (tertiary/aromatic N) is 5. The molecule has 0 aliphatic carbocycles. The van der Waals surface area contributed by atoms with Crippen LogP contribution in [0.2, 0.25) is 0 Å². The van der Waals surface area contributed by atoms with Crippen LogP contribution >= 0.6 is 15.9 Å². The van der Waals surface area contributed by atoms with E-state index in [1.807, 2.05) is 0 Å². The predicted octanol–water partition coefficient (Wildman–Crippen LogP) is 3.90. The number of nitriles is 1. The third kappa shape index (κ3) is 4.03. The molecule has 1 amide bonds. The summed E-state index contributed by atoms with van der Waals surface area (Å²) in [6, 6.07) is 9.19. The lowest BCUT2D eigenvalue weighted by Crippen LogP contribution is -2.45. The molecule has 0 saturated carbocycles. The van der Waals surface area contributed by atoms with Crippen molar-refractivity contribution in [2.75, 3.05) is 12.3 Å². The molecule has 32 heavy (non-hydrogen) atoms. The fourth-order valence-electron chi connectivity index (χ4n) is 3.69. The van der Waals surface area contributed by atoms with Gasteiger partial charge in [0.15, 0.2) is 11.6 Å². The van der Waals surface area contributed by atoms with Gasteiger partial charge in [0.2, 0.25) is 0 Å². The molecule has 1 fully saturated rings. The van der Waals surface area contributed by atoms with E-state index < -0.39 is 11.9 Å². The molecule has 8 nitrogen and oxygen atoms in total. The standard InChI is InChI=1S/C22H20BrFN6O2/c1-12(32-20-7-13(23)11-27-21(20)26)17-8-14(24)3-4-16(17)22(31)30-6-5-19(30)18-9-15(10-25)29(2)28-18/h3-4,7-9,11-12,19H,5-6H2,1-2H3,(H2,26,27). The molecular weight excluding hydrogens is 479 g/mol. The van der Waals surface area contributed by atoms with E-state index in [9.17, 15) is 14.4 Å². The summed E-state index contributed by atoms with van der Waals surface area (Å²) in [5, 5.41) is 13.5. The minimum atomic E-state index is -0.664. The maximum Gasteiger partial charge on any atom is 0.254 e. The van der Waals surface area contributed by atoms with E-state index >= 15 is 0 Å². The third-order valence-corrected chi connectivity index (χ3v) is 5.90. The molecule has 3 aromatic rings. The number of pyridine rings is 1. The van der Waals surface area contributed by atoms with Crippen LogP contribution in [-0.4, -0.2) is 32.1 Å². The van der Waals surface area contributed by atoms with Crippen LogP contribution in [0.1, 0.15) is 52.8 Å². The number of rotatable bonds is 5. The van der Waals surface area contributed by atoms with Gasteiger partial charge >= 0.3 is 0 Å². The Balaban J connectivity index is 1.62. The van der Waals surface area contributed by atoms with Crippen LogP contribution in [-0.2, 0) is 7.05 Å². The minimum absolute atomic E-state index is 0.190. The van der Waals surface area contributed by atoms with E-state index in [1.165, 1.54) is 22.9 Å². The second kappa shape index (κ2) is 8.59. The summed E-state index contributed by atoms with van der Waals surface area (Å²) in [4.78, 5) is 19.1. The smallest absolute Gasteiger partial charge is 0.254 e. The number of amides is 1. The normalized spacial score (nSPS) is 16.2. The summed E-state index contributed by atoms with van der Waals surface area (Å²) in [5.41, 5.74) is 7.71. The number of likely N-dealkylation sites (tertiary alicyclic amines) is 1. The molecule has 2 aromatic heterocycles. The van der Waals surface area contributed by atoms with Crippen LogP contribution in [0.15, 0.2) is 41.0 Å². The van der Waals surface area contributed by atoms with Gasteiger partial charge < -0.3 is 15.4 Å². The first-order valence-corrected chi connectivity index (χ1v) is 10.7. The predicted molar refractivity (Wildman–Crippen MR) is 118 cm³/mol. The zero-order valence-corrected chi connectivity index (χ0v) is 19.0. The summed E-state index contributed by atoms with van der Waals surface area (Å²) in [6.07, 6.45) is 1.61. The van der Waals surface area contributed by atoms with E-state index in [2.05, 4.69) is 32.1 Å². The van der Waals surface area contributed by atoms with Crippen molar-refractivity contribution in [3.63, 3.8) is 0 Å². The highest BCUT2D eigenvalue weighted by Crippen LogP contribution is 2.36. The van der Waals surface area contributed by atoms with Crippen molar-refractivity contribution in [3.8, 4) is 11.8 Å². The van der Waals surface area contributed by atoms with Gasteiger partial charge in [0.05, 0.1) is 11.7 Å². The average molecular weight is 499 g/mol. The fourth-order valence-corrected chi connectivity index (χ4v) is 4.00. The van der Waals surface area contributed by atoms with E-state index in [-0.39, 0.29) is 17.8 Å². The maximum atomic E-state index is 14.1. The van der Waals surface area contributed by atoms with Crippen molar-refractivity contribution in [2.45, 2.75) is 25.5 Å². The number of anilines is 1. The molecule has 0 spiro atoms. The molecule has 3 heterocycles. The quantitative estimate of drug-likeness (QED) is 0.571. The van der Waals surface area contributed by atoms with Crippen molar-refractivity contribution in [3.05, 3.63) is 69.3 Å². The zero-order chi connectivity index (χ0) is 23.0. The lowest BCUT2D eigenvalue weighted by Gasteiger charge is -2.40. The first-order valence-electron chi connectivity index (χ1n) is 9.90. The number of nitrogen functional groups attached to an aromatic ring is 1. The molecule has 164 valence electrons. The van der Waals surface area contributed by atoms with E-state index in [4.69, 9.17) is 10.5 Å². The number of aromatic nitrogens is 3. The SMILES string of the molecule is CC(Oc1cc(Br)cnc1N)c1cc(F)ccc1C(=O)N1CCC1c1cc(C#N)n(C)n1. The molecule has 10 heteroatoms. The second-order valence-corrected chi connectivity index (χ2v) is 8.44. The number of carbonyl (C=O) groups excluding carboxylic acids is 1. The first-order chi connectivity index (χ1) is 15.3. The Bertz CT molecular complexity index is 1240. The Morgan fingerprint density at radius 1 is 1.41 bits per heavy atom. The van der Waals surface area contributed by atoms with Crippen molar-refractivity contribution in [1.29, 1.82) is 5.26 Å². The van der Waals surface area contributed by atoms with Gasteiger partial charge in [-0.15, -0.1) is 0 Å². The van der Waals surface area contributed by atoms with Crippen LogP contribution in [0.25, 0.3) is 0 Å². The topological polar surface area (TPSA) is 110 Å². The Kier molecular flexibility index (Phi) is 5.84. The van der Waals surface area contributed by atoms with Crippen LogP contribution < -0.4 is 10.5 Å². The van der Waals surface area contributed by atoms with E-state index in [0.29, 0.717) is 39.3 Å². The molecule has 0 radical (unpaired) electrons. The number of benzene rings is 1. The molecule has 1 aromatic carbocycles. The molecule has 0 bridgehead atoms. The van der Waals surface area contributed by atoms with Crippen molar-refractivity contribution in [2.24, 2.45) is 7.05 Å². The summed E-state index contributed by atoms with van der Waals surface area (Å²) in [7, 11) is 1.69. The lowest BCUT2D eigenvalue weighted by atomic mass is 9.95. The average Bonchev–Trinajstić information content (AvgIpc) is 3.09. The highest BCUT2D eigenvalue weighted by molar-refractivity contribution is 9.10. The van der Waals surface area contributed by atoms with E-state index in [0.717, 1.165) is 6.42 Å². The van der Waals surface area contributed by atoms with Gasteiger partial charge in [-0.3, -0.25) is 9.48 Å². The number of halogens is 2. The molecule has 4 rings (SSSR count). The molecule has 1 saturated heterocycles. The van der Waals surface area contributed by atoms with Crippen LogP contribution in [0, 0.1) is 17.1 Å². The Morgan fingerprint density at radius 3 is 2.84 bits per heavy atom. The van der Waals surface area contributed by atoms with Gasteiger partial charge in [-0.25, -0.2) is 9.37 Å². The monoisotopic (exact) mass is 498 g/mol. The Hall–Kier alpha value is -3.45. The molecule has 2 atom stereocenters. The van der Waals surface area contributed by atoms with Crippen LogP contribution in [0.3, 0.4) is 0 Å². The van der Waals surface area contributed by atoms with Crippen LogP contribution in [0.4, 0.5) is 10.2 Å². The highest BCUT2D eigenvalue weighted by Gasteiger charge is 2.37. The van der Waals surface area contributed by atoms with Crippen molar-refractivity contribution in [1.82, 2.24) is 19.7 Å². The number of aryl methyl sites for hydroxylation is 1. The Labute approximate surface area is 192 Å². The van der Waals surface area contributed by atoms with Gasteiger partial charge in [-0.1, -0.05) is 0 Å². The lowest BCUT2D eigenvalue weighted by molar-refractivity contribution is 0.0445. The Morgan fingerprint density at radius 2 is 2.19 bits per heavy atom. The maximum absolute atomic E-state index is 14.1. The first kappa shape index (κ1) is 21.8. The minimum Gasteiger partial charge on any atom is -0.482 e. The summed E-state index contributed by atoms with van der Waals surface area (Å²) >= 11 is 3.32. The summed E-state index contributed by atoms with van der Waals surface area (Å²) in [5.74, 6) is -0.212. The summed E-state index contributed by atoms with van der Waals surface area (Å²) < 4.78 is 22.2. The fraction of sp³-hybridized carbons (Fsp3) is 0.273. The molecular formula is C22H20BrFN6O2. The molecule has 1 aliphatic heterocycles. The highest BCUT2D eigenvalue weighted by atomic mass is 79.9. The van der Waals surface area contributed by atoms with Gasteiger partial charge in [-0.2, -0.15) is 10.4 Å². The zero-order valence-electron chi connectivity index (χ0n) is 17.4.